The van der Waals surface area contributed by atoms with Gasteiger partial charge in [0.25, 0.3) is 6.43 Å². The Bertz CT molecular complexity index is 151. The first-order chi connectivity index (χ1) is 6.70. The van der Waals surface area contributed by atoms with Gasteiger partial charge in [0.2, 0.25) is 0 Å². The fourth-order valence-electron chi connectivity index (χ4n) is 1.13. The second kappa shape index (κ2) is 6.30. The maximum atomic E-state index is 12.0. The van der Waals surface area contributed by atoms with Crippen molar-refractivity contribution in [1.82, 2.24) is 5.32 Å². The van der Waals surface area contributed by atoms with Crippen LogP contribution in [0.1, 0.15) is 26.2 Å². The van der Waals surface area contributed by atoms with Gasteiger partial charge in [-0.2, -0.15) is 0 Å². The SMILES string of the molecule is CC(NCCCOCC1CC1)C(F)F. The molecule has 2 nitrogen and oxygen atoms in total. The quantitative estimate of drug-likeness (QED) is 0.615. The van der Waals surface area contributed by atoms with Gasteiger partial charge in [-0.3, -0.25) is 0 Å². The number of ether oxygens (including phenoxy) is 1. The molecule has 0 bridgehead atoms. The number of nitrogens with one attached hydrogen (secondary N) is 1. The molecule has 0 aliphatic heterocycles. The summed E-state index contributed by atoms with van der Waals surface area (Å²) in [6, 6.07) is -0.710. The van der Waals surface area contributed by atoms with Gasteiger partial charge in [0.1, 0.15) is 0 Å². The van der Waals surface area contributed by atoms with Crippen molar-refractivity contribution in [3.8, 4) is 0 Å². The van der Waals surface area contributed by atoms with E-state index in [4.69, 9.17) is 4.74 Å². The molecule has 0 aromatic rings. The highest BCUT2D eigenvalue weighted by Crippen LogP contribution is 2.28. The van der Waals surface area contributed by atoms with Crippen molar-refractivity contribution < 1.29 is 13.5 Å². The molecule has 1 atom stereocenters. The van der Waals surface area contributed by atoms with Crippen molar-refractivity contribution in [2.75, 3.05) is 19.8 Å². The molecule has 0 radical (unpaired) electrons. The van der Waals surface area contributed by atoms with Crippen molar-refractivity contribution in [3.63, 3.8) is 0 Å². The van der Waals surface area contributed by atoms with Crippen LogP contribution in [0.4, 0.5) is 8.78 Å². The maximum Gasteiger partial charge on any atom is 0.253 e. The van der Waals surface area contributed by atoms with Gasteiger partial charge >= 0.3 is 0 Å². The third kappa shape index (κ3) is 5.50. The molecule has 0 heterocycles. The molecule has 1 rings (SSSR count). The molecule has 1 aliphatic rings. The largest absolute Gasteiger partial charge is 0.381 e. The Morgan fingerprint density at radius 2 is 2.14 bits per heavy atom. The van der Waals surface area contributed by atoms with Gasteiger partial charge in [-0.15, -0.1) is 0 Å². The molecule has 1 N–H and O–H groups in total. The fraction of sp³-hybridized carbons (Fsp3) is 1.00. The molecule has 0 spiro atoms. The average Bonchev–Trinajstić information content (AvgIpc) is 2.94. The van der Waals surface area contributed by atoms with Gasteiger partial charge < -0.3 is 10.1 Å². The lowest BCUT2D eigenvalue weighted by molar-refractivity contribution is 0.0983. The van der Waals surface area contributed by atoms with Gasteiger partial charge in [-0.05, 0) is 38.6 Å². The van der Waals surface area contributed by atoms with Gasteiger partial charge in [0.05, 0.1) is 6.04 Å². The van der Waals surface area contributed by atoms with E-state index >= 15 is 0 Å². The fourth-order valence-corrected chi connectivity index (χ4v) is 1.13. The first kappa shape index (κ1) is 11.9. The highest BCUT2D eigenvalue weighted by Gasteiger charge is 2.20. The summed E-state index contributed by atoms with van der Waals surface area (Å²) in [5, 5.41) is 2.76. The highest BCUT2D eigenvalue weighted by molar-refractivity contribution is 4.71. The van der Waals surface area contributed by atoms with E-state index in [0.29, 0.717) is 13.2 Å². The normalized spacial score (nSPS) is 18.9. The van der Waals surface area contributed by atoms with E-state index in [1.165, 1.54) is 19.8 Å². The Labute approximate surface area is 84.0 Å². The standard InChI is InChI=1S/C10H19F2NO/c1-8(10(11)12)13-5-2-6-14-7-9-3-4-9/h8-10,13H,2-7H2,1H3. The Kier molecular flexibility index (Phi) is 5.33. The zero-order valence-electron chi connectivity index (χ0n) is 8.64. The van der Waals surface area contributed by atoms with Crippen LogP contribution in [-0.2, 0) is 4.74 Å². The van der Waals surface area contributed by atoms with Crippen molar-refractivity contribution >= 4 is 0 Å². The van der Waals surface area contributed by atoms with Crippen molar-refractivity contribution in [3.05, 3.63) is 0 Å². The van der Waals surface area contributed by atoms with Crippen LogP contribution in [-0.4, -0.2) is 32.2 Å². The predicted octanol–water partition coefficient (Wildman–Crippen LogP) is 2.05. The summed E-state index contributed by atoms with van der Waals surface area (Å²) in [5.74, 6) is 0.781. The smallest absolute Gasteiger partial charge is 0.253 e. The van der Waals surface area contributed by atoms with E-state index in [1.54, 1.807) is 0 Å². The molecule has 14 heavy (non-hydrogen) atoms. The Morgan fingerprint density at radius 3 is 2.71 bits per heavy atom. The molecule has 0 saturated heterocycles. The summed E-state index contributed by atoms with van der Waals surface area (Å²) < 4.78 is 29.4. The monoisotopic (exact) mass is 207 g/mol. The van der Waals surface area contributed by atoms with Crippen LogP contribution >= 0.6 is 0 Å². The predicted molar refractivity (Wildman–Crippen MR) is 51.6 cm³/mol. The van der Waals surface area contributed by atoms with E-state index in [-0.39, 0.29) is 0 Å². The molecular weight excluding hydrogens is 188 g/mol. The first-order valence-corrected chi connectivity index (χ1v) is 5.29. The van der Waals surface area contributed by atoms with Crippen LogP contribution in [0.5, 0.6) is 0 Å². The minimum absolute atomic E-state index is 0.607. The van der Waals surface area contributed by atoms with Gasteiger partial charge in [-0.1, -0.05) is 0 Å². The third-order valence-corrected chi connectivity index (χ3v) is 2.36. The van der Waals surface area contributed by atoms with E-state index < -0.39 is 12.5 Å². The molecular formula is C10H19F2NO. The lowest BCUT2D eigenvalue weighted by Gasteiger charge is -2.12. The number of hydrogen-bond acceptors (Lipinski definition) is 2. The van der Waals surface area contributed by atoms with E-state index in [2.05, 4.69) is 5.32 Å². The van der Waals surface area contributed by atoms with Crippen LogP contribution in [0.3, 0.4) is 0 Å². The summed E-state index contributed by atoms with van der Waals surface area (Å²) in [6.07, 6.45) is 1.12. The number of alkyl halides is 2. The minimum Gasteiger partial charge on any atom is -0.381 e. The van der Waals surface area contributed by atoms with Gasteiger partial charge in [-0.25, -0.2) is 8.78 Å². The van der Waals surface area contributed by atoms with Crippen molar-refractivity contribution in [1.29, 1.82) is 0 Å². The van der Waals surface area contributed by atoms with Crippen molar-refractivity contribution in [2.24, 2.45) is 5.92 Å². The van der Waals surface area contributed by atoms with E-state index in [0.717, 1.165) is 18.9 Å². The van der Waals surface area contributed by atoms with Gasteiger partial charge in [0.15, 0.2) is 0 Å². The second-order valence-corrected chi connectivity index (χ2v) is 3.95. The molecule has 0 aromatic heterocycles. The third-order valence-electron chi connectivity index (χ3n) is 2.36. The molecule has 1 fully saturated rings. The molecule has 0 aromatic carbocycles. The Balaban J connectivity index is 1.78. The van der Waals surface area contributed by atoms with E-state index in [9.17, 15) is 8.78 Å². The molecule has 0 amide bonds. The van der Waals surface area contributed by atoms with Gasteiger partial charge in [0, 0.05) is 13.2 Å². The highest BCUT2D eigenvalue weighted by atomic mass is 19.3. The molecule has 84 valence electrons. The van der Waals surface area contributed by atoms with E-state index in [1.807, 2.05) is 0 Å². The zero-order valence-corrected chi connectivity index (χ0v) is 8.64. The van der Waals surface area contributed by atoms with Crippen LogP contribution < -0.4 is 5.32 Å². The molecule has 1 aliphatic carbocycles. The average molecular weight is 207 g/mol. The maximum absolute atomic E-state index is 12.0. The zero-order chi connectivity index (χ0) is 10.4. The van der Waals surface area contributed by atoms with Crippen LogP contribution in [0, 0.1) is 5.92 Å². The Morgan fingerprint density at radius 1 is 1.43 bits per heavy atom. The van der Waals surface area contributed by atoms with Crippen LogP contribution in [0.15, 0.2) is 0 Å². The first-order valence-electron chi connectivity index (χ1n) is 5.29. The molecule has 1 unspecified atom stereocenters. The summed E-state index contributed by atoms with van der Waals surface area (Å²) in [7, 11) is 0. The second-order valence-electron chi connectivity index (χ2n) is 3.95. The topological polar surface area (TPSA) is 21.3 Å². The number of rotatable bonds is 8. The number of hydrogen-bond donors (Lipinski definition) is 1. The lowest BCUT2D eigenvalue weighted by Crippen LogP contribution is -2.33. The van der Waals surface area contributed by atoms with Crippen LogP contribution in [0.25, 0.3) is 0 Å². The Hall–Kier alpha value is -0.220. The number of halogens is 2. The molecule has 4 heteroatoms. The van der Waals surface area contributed by atoms with Crippen molar-refractivity contribution in [2.45, 2.75) is 38.7 Å². The summed E-state index contributed by atoms with van der Waals surface area (Å²) in [6.45, 7) is 3.63. The van der Waals surface area contributed by atoms with Crippen LogP contribution in [0.2, 0.25) is 0 Å². The summed E-state index contributed by atoms with van der Waals surface area (Å²) in [4.78, 5) is 0. The lowest BCUT2D eigenvalue weighted by atomic mass is 10.3. The summed E-state index contributed by atoms with van der Waals surface area (Å²) in [5.41, 5.74) is 0. The minimum atomic E-state index is -2.28. The molecule has 1 saturated carbocycles. The summed E-state index contributed by atoms with van der Waals surface area (Å²) >= 11 is 0.